The van der Waals surface area contributed by atoms with Crippen LogP contribution in [0.2, 0.25) is 0 Å². The number of carbonyl (C=O) groups excluding carboxylic acids is 2. The fourth-order valence-corrected chi connectivity index (χ4v) is 2.81. The molecule has 1 aromatic carbocycles. The zero-order valence-corrected chi connectivity index (χ0v) is 16.6. The van der Waals surface area contributed by atoms with Gasteiger partial charge in [-0.1, -0.05) is 24.3 Å². The maximum atomic E-state index is 12.6. The van der Waals surface area contributed by atoms with Crippen LogP contribution in [-0.2, 0) is 19.1 Å². The van der Waals surface area contributed by atoms with Crippen LogP contribution in [0.25, 0.3) is 6.08 Å². The Bertz CT molecular complexity index is 630. The van der Waals surface area contributed by atoms with Crippen molar-refractivity contribution in [2.24, 2.45) is 10.8 Å². The van der Waals surface area contributed by atoms with E-state index in [-0.39, 0.29) is 25.0 Å². The highest BCUT2D eigenvalue weighted by molar-refractivity contribution is 5.83. The van der Waals surface area contributed by atoms with Gasteiger partial charge in [0.25, 0.3) is 0 Å². The lowest BCUT2D eigenvalue weighted by Gasteiger charge is -2.32. The van der Waals surface area contributed by atoms with Gasteiger partial charge in [-0.25, -0.2) is 0 Å². The van der Waals surface area contributed by atoms with Crippen molar-refractivity contribution in [2.45, 2.75) is 41.0 Å². The molecule has 0 aliphatic carbocycles. The summed E-state index contributed by atoms with van der Waals surface area (Å²) in [5.74, 6) is 0.0780. The Morgan fingerprint density at radius 1 is 0.962 bits per heavy atom. The molecule has 0 amide bonds. The lowest BCUT2D eigenvalue weighted by molar-refractivity contribution is -0.159. The molecular weight excluding hydrogens is 332 g/mol. The Hall–Kier alpha value is -2.30. The molecule has 1 rings (SSSR count). The average molecular weight is 362 g/mol. The second-order valence-corrected chi connectivity index (χ2v) is 7.03. The summed E-state index contributed by atoms with van der Waals surface area (Å²) in [6, 6.07) is 7.50. The molecule has 0 aromatic heterocycles. The van der Waals surface area contributed by atoms with E-state index in [1.165, 1.54) is 0 Å². The van der Waals surface area contributed by atoms with Crippen molar-refractivity contribution in [3.63, 3.8) is 0 Å². The number of hydrogen-bond acceptors (Lipinski definition) is 5. The van der Waals surface area contributed by atoms with Gasteiger partial charge in [0.05, 0.1) is 31.2 Å². The summed E-state index contributed by atoms with van der Waals surface area (Å²) in [5, 5.41) is 0. The van der Waals surface area contributed by atoms with Crippen molar-refractivity contribution in [3.05, 3.63) is 35.9 Å². The van der Waals surface area contributed by atoms with Gasteiger partial charge in [-0.15, -0.1) is 0 Å². The first-order chi connectivity index (χ1) is 12.2. The summed E-state index contributed by atoms with van der Waals surface area (Å²) in [6.07, 6.45) is 3.94. The Kier molecular flexibility index (Phi) is 7.87. The average Bonchev–Trinajstić information content (AvgIpc) is 2.60. The zero-order chi connectivity index (χ0) is 19.8. The van der Waals surface area contributed by atoms with E-state index in [0.717, 1.165) is 11.3 Å². The van der Waals surface area contributed by atoms with Crippen molar-refractivity contribution in [1.82, 2.24) is 0 Å². The van der Waals surface area contributed by atoms with Crippen molar-refractivity contribution in [1.29, 1.82) is 0 Å². The molecule has 0 saturated heterocycles. The van der Waals surface area contributed by atoms with Crippen LogP contribution in [0.3, 0.4) is 0 Å². The lowest BCUT2D eigenvalue weighted by Crippen LogP contribution is -2.37. The van der Waals surface area contributed by atoms with Crippen LogP contribution in [0, 0.1) is 10.8 Å². The summed E-state index contributed by atoms with van der Waals surface area (Å²) in [7, 11) is 1.61. The summed E-state index contributed by atoms with van der Waals surface area (Å²) in [5.41, 5.74) is -0.844. The molecule has 0 spiro atoms. The number of benzene rings is 1. The molecule has 5 heteroatoms. The van der Waals surface area contributed by atoms with Crippen molar-refractivity contribution < 1.29 is 23.8 Å². The van der Waals surface area contributed by atoms with E-state index in [9.17, 15) is 9.59 Å². The number of hydrogen-bond donors (Lipinski definition) is 0. The Morgan fingerprint density at radius 2 is 1.50 bits per heavy atom. The number of rotatable bonds is 9. The van der Waals surface area contributed by atoms with E-state index >= 15 is 0 Å². The minimum atomic E-state index is -0.952. The Morgan fingerprint density at radius 3 is 2.00 bits per heavy atom. The van der Waals surface area contributed by atoms with Crippen LogP contribution in [0.15, 0.2) is 30.3 Å². The molecule has 0 aliphatic heterocycles. The van der Waals surface area contributed by atoms with Crippen LogP contribution in [0.1, 0.15) is 46.6 Å². The van der Waals surface area contributed by atoms with Crippen LogP contribution < -0.4 is 4.74 Å². The minimum absolute atomic E-state index is 0.282. The molecule has 1 atom stereocenters. The molecule has 1 unspecified atom stereocenters. The first-order valence-electron chi connectivity index (χ1n) is 8.86. The number of ether oxygens (including phenoxy) is 3. The van der Waals surface area contributed by atoms with E-state index in [0.29, 0.717) is 6.61 Å². The second-order valence-electron chi connectivity index (χ2n) is 7.03. The highest BCUT2D eigenvalue weighted by Crippen LogP contribution is 2.38. The summed E-state index contributed by atoms with van der Waals surface area (Å²) in [4.78, 5) is 24.9. The van der Waals surface area contributed by atoms with Gasteiger partial charge in [0, 0.05) is 0 Å². The van der Waals surface area contributed by atoms with Crippen LogP contribution in [0.5, 0.6) is 5.75 Å². The highest BCUT2D eigenvalue weighted by Gasteiger charge is 2.42. The molecule has 144 valence electrons. The lowest BCUT2D eigenvalue weighted by atomic mass is 9.73. The second kappa shape index (κ2) is 9.41. The maximum absolute atomic E-state index is 12.6. The van der Waals surface area contributed by atoms with E-state index in [1.54, 1.807) is 47.8 Å². The van der Waals surface area contributed by atoms with Crippen molar-refractivity contribution in [2.75, 3.05) is 20.3 Å². The smallest absolute Gasteiger partial charge is 0.315 e. The van der Waals surface area contributed by atoms with Gasteiger partial charge < -0.3 is 14.2 Å². The van der Waals surface area contributed by atoms with E-state index < -0.39 is 10.8 Å². The van der Waals surface area contributed by atoms with E-state index in [1.807, 2.05) is 30.3 Å². The fraction of sp³-hybridized carbons (Fsp3) is 0.524. The van der Waals surface area contributed by atoms with Crippen LogP contribution in [0.4, 0.5) is 0 Å². The first-order valence-corrected chi connectivity index (χ1v) is 8.86. The molecule has 0 fully saturated rings. The van der Waals surface area contributed by atoms with Gasteiger partial charge in [-0.3, -0.25) is 9.59 Å². The van der Waals surface area contributed by atoms with Gasteiger partial charge in [0.2, 0.25) is 0 Å². The monoisotopic (exact) mass is 362 g/mol. The third-order valence-electron chi connectivity index (χ3n) is 4.14. The molecule has 0 aliphatic rings. The third kappa shape index (κ3) is 5.90. The van der Waals surface area contributed by atoms with Gasteiger partial charge in [0.15, 0.2) is 0 Å². The molecule has 0 N–H and O–H groups in total. The molecular formula is C21H30O5. The quantitative estimate of drug-likeness (QED) is 0.614. The zero-order valence-electron chi connectivity index (χ0n) is 16.6. The Balaban J connectivity index is 3.10. The molecule has 5 nitrogen and oxygen atoms in total. The highest BCUT2D eigenvalue weighted by atomic mass is 16.5. The Labute approximate surface area is 156 Å². The largest absolute Gasteiger partial charge is 0.497 e. The van der Waals surface area contributed by atoms with E-state index in [4.69, 9.17) is 14.2 Å². The number of methoxy groups -OCH3 is 1. The van der Waals surface area contributed by atoms with Crippen molar-refractivity contribution >= 4 is 18.0 Å². The van der Waals surface area contributed by atoms with Gasteiger partial charge >= 0.3 is 11.9 Å². The predicted molar refractivity (Wildman–Crippen MR) is 102 cm³/mol. The minimum Gasteiger partial charge on any atom is -0.497 e. The molecule has 0 saturated carbocycles. The molecule has 0 bridgehead atoms. The predicted octanol–water partition coefficient (Wildman–Crippen LogP) is 4.26. The summed E-state index contributed by atoms with van der Waals surface area (Å²) in [6.45, 7) is 9.47. The molecule has 0 heterocycles. The van der Waals surface area contributed by atoms with Gasteiger partial charge in [0.1, 0.15) is 5.75 Å². The summed E-state index contributed by atoms with van der Waals surface area (Å²) >= 11 is 0. The first kappa shape index (κ1) is 21.7. The number of carbonyl (C=O) groups is 2. The standard InChI is InChI=1S/C21H30O5/c1-7-25-18(22)20(3,4)15-21(5,19(23)26-8-2)14-13-16-9-11-17(24-6)12-10-16/h9-14H,7-8,15H2,1-6H3/b14-13+. The third-order valence-corrected chi connectivity index (χ3v) is 4.14. The summed E-state index contributed by atoms with van der Waals surface area (Å²) < 4.78 is 15.6. The SMILES string of the molecule is CCOC(=O)C(C)(C)CC(C)(/C=C/c1ccc(OC)cc1)C(=O)OCC. The normalized spacial score (nSPS) is 13.9. The molecule has 1 aromatic rings. The van der Waals surface area contributed by atoms with Crippen molar-refractivity contribution in [3.8, 4) is 5.75 Å². The topological polar surface area (TPSA) is 61.8 Å². The van der Waals surface area contributed by atoms with Crippen LogP contribution >= 0.6 is 0 Å². The van der Waals surface area contributed by atoms with Gasteiger partial charge in [-0.05, 0) is 58.7 Å². The molecule has 0 radical (unpaired) electrons. The fourth-order valence-electron chi connectivity index (χ4n) is 2.81. The maximum Gasteiger partial charge on any atom is 0.315 e. The number of esters is 2. The van der Waals surface area contributed by atoms with Gasteiger partial charge in [-0.2, -0.15) is 0 Å². The molecule has 26 heavy (non-hydrogen) atoms. The van der Waals surface area contributed by atoms with Crippen LogP contribution in [-0.4, -0.2) is 32.3 Å². The van der Waals surface area contributed by atoms with E-state index in [2.05, 4.69) is 0 Å².